The molecule has 1 aromatic carbocycles. The number of aromatic nitrogens is 2. The molecule has 7 nitrogen and oxygen atoms in total. The minimum absolute atomic E-state index is 0.357. The minimum atomic E-state index is -4.56. The zero-order valence-electron chi connectivity index (χ0n) is 18.2. The Morgan fingerprint density at radius 2 is 1.50 bits per heavy atom. The van der Waals surface area contributed by atoms with Gasteiger partial charge in [-0.15, -0.1) is 0 Å². The van der Waals surface area contributed by atoms with Gasteiger partial charge in [-0.25, -0.2) is 4.98 Å². The number of anilines is 3. The highest BCUT2D eigenvalue weighted by Gasteiger charge is 2.34. The first kappa shape index (κ1) is 22.1. The van der Waals surface area contributed by atoms with E-state index < -0.39 is 11.7 Å². The smallest absolute Gasteiger partial charge is 0.368 e. The summed E-state index contributed by atoms with van der Waals surface area (Å²) in [7, 11) is 2.11. The van der Waals surface area contributed by atoms with Gasteiger partial charge in [0.15, 0.2) is 0 Å². The lowest BCUT2D eigenvalue weighted by Gasteiger charge is -2.37. The Morgan fingerprint density at radius 1 is 0.875 bits per heavy atom. The normalized spacial score (nSPS) is 18.1. The fourth-order valence-corrected chi connectivity index (χ4v) is 4.10. The number of nitriles is 1. The molecule has 2 aromatic rings. The number of nitrogens with zero attached hydrogens (tertiary/aromatic N) is 7. The fourth-order valence-electron chi connectivity index (χ4n) is 4.10. The van der Waals surface area contributed by atoms with E-state index in [2.05, 4.69) is 26.7 Å². The molecule has 3 heterocycles. The minimum Gasteiger partial charge on any atom is -0.368 e. The molecule has 2 aliphatic heterocycles. The molecule has 0 radical (unpaired) electrons. The van der Waals surface area contributed by atoms with Crippen molar-refractivity contribution >= 4 is 17.5 Å². The van der Waals surface area contributed by atoms with E-state index in [9.17, 15) is 13.2 Å². The number of hydrogen-bond acceptors (Lipinski definition) is 7. The van der Waals surface area contributed by atoms with E-state index in [0.29, 0.717) is 37.8 Å². The van der Waals surface area contributed by atoms with Crippen molar-refractivity contribution in [3.8, 4) is 6.07 Å². The van der Waals surface area contributed by atoms with Crippen molar-refractivity contribution in [1.29, 1.82) is 5.26 Å². The van der Waals surface area contributed by atoms with Crippen molar-refractivity contribution in [2.45, 2.75) is 13.1 Å². The molecule has 0 amide bonds. The molecule has 1 aromatic heterocycles. The monoisotopic (exact) mass is 445 g/mol. The number of likely N-dealkylation sites (N-methyl/N-ethyl adjacent to an activating group) is 1. The second-order valence-corrected chi connectivity index (χ2v) is 8.27. The first-order valence-corrected chi connectivity index (χ1v) is 10.6. The average molecular weight is 445 g/mol. The van der Waals surface area contributed by atoms with Crippen LogP contribution in [-0.4, -0.2) is 74.3 Å². The van der Waals surface area contributed by atoms with Crippen molar-refractivity contribution in [2.24, 2.45) is 0 Å². The molecule has 0 aliphatic carbocycles. The van der Waals surface area contributed by atoms with E-state index in [4.69, 9.17) is 10.2 Å². The fraction of sp³-hybridized carbons (Fsp3) is 0.500. The van der Waals surface area contributed by atoms with Gasteiger partial charge in [-0.1, -0.05) is 0 Å². The highest BCUT2D eigenvalue weighted by atomic mass is 19.4. The average Bonchev–Trinajstić information content (AvgIpc) is 2.78. The van der Waals surface area contributed by atoms with Crippen LogP contribution in [0.1, 0.15) is 16.8 Å². The van der Waals surface area contributed by atoms with Crippen LogP contribution in [0.3, 0.4) is 0 Å². The van der Waals surface area contributed by atoms with Crippen molar-refractivity contribution in [1.82, 2.24) is 14.9 Å². The van der Waals surface area contributed by atoms with Crippen molar-refractivity contribution < 1.29 is 13.2 Å². The predicted octanol–water partition coefficient (Wildman–Crippen LogP) is 2.75. The van der Waals surface area contributed by atoms with E-state index in [1.54, 1.807) is 12.1 Å². The van der Waals surface area contributed by atoms with Gasteiger partial charge < -0.3 is 19.6 Å². The molecule has 2 fully saturated rings. The summed E-state index contributed by atoms with van der Waals surface area (Å²) in [5, 5.41) is 9.01. The van der Waals surface area contributed by atoms with Gasteiger partial charge >= 0.3 is 6.18 Å². The second-order valence-electron chi connectivity index (χ2n) is 8.27. The molecular weight excluding hydrogens is 419 g/mol. The van der Waals surface area contributed by atoms with Gasteiger partial charge in [0.25, 0.3) is 0 Å². The lowest BCUT2D eigenvalue weighted by atomic mass is 10.1. The molecule has 0 unspecified atom stereocenters. The SMILES string of the molecule is Cc1cc(N2CCN(C)CC2)nc(N2CCN(c3ccc(C#N)c(C(F)(F)F)c3)CC2)n1. The summed E-state index contributed by atoms with van der Waals surface area (Å²) in [5.74, 6) is 1.58. The van der Waals surface area contributed by atoms with E-state index in [-0.39, 0.29) is 5.56 Å². The molecule has 4 rings (SSSR count). The molecule has 0 bridgehead atoms. The van der Waals surface area contributed by atoms with Gasteiger partial charge in [0.05, 0.1) is 17.2 Å². The third-order valence-corrected chi connectivity index (χ3v) is 6.01. The van der Waals surface area contributed by atoms with Crippen molar-refractivity contribution in [3.63, 3.8) is 0 Å². The van der Waals surface area contributed by atoms with E-state index in [1.807, 2.05) is 17.9 Å². The molecule has 10 heteroatoms. The second kappa shape index (κ2) is 8.82. The van der Waals surface area contributed by atoms with Crippen LogP contribution in [0.25, 0.3) is 0 Å². The van der Waals surface area contributed by atoms with E-state index in [0.717, 1.165) is 43.8 Å². The molecule has 0 saturated carbocycles. The summed E-state index contributed by atoms with van der Waals surface area (Å²) in [4.78, 5) is 17.9. The molecule has 0 spiro atoms. The highest BCUT2D eigenvalue weighted by Crippen LogP contribution is 2.34. The quantitative estimate of drug-likeness (QED) is 0.720. The first-order valence-electron chi connectivity index (χ1n) is 10.6. The Kier molecular flexibility index (Phi) is 6.11. The largest absolute Gasteiger partial charge is 0.417 e. The van der Waals surface area contributed by atoms with Crippen LogP contribution < -0.4 is 14.7 Å². The van der Waals surface area contributed by atoms with Crippen LogP contribution in [-0.2, 0) is 6.18 Å². The Hall–Kier alpha value is -3.06. The molecule has 170 valence electrons. The summed E-state index contributed by atoms with van der Waals surface area (Å²) in [5.41, 5.74) is 0.121. The topological polar surface area (TPSA) is 62.5 Å². The maximum absolute atomic E-state index is 13.3. The zero-order valence-corrected chi connectivity index (χ0v) is 18.2. The summed E-state index contributed by atoms with van der Waals surface area (Å²) < 4.78 is 39.9. The number of hydrogen-bond donors (Lipinski definition) is 0. The summed E-state index contributed by atoms with van der Waals surface area (Å²) in [6.07, 6.45) is -4.56. The third kappa shape index (κ3) is 4.72. The molecular formula is C22H26F3N7. The highest BCUT2D eigenvalue weighted by molar-refractivity contribution is 5.56. The maximum atomic E-state index is 13.3. The van der Waals surface area contributed by atoms with E-state index in [1.165, 1.54) is 6.07 Å². The number of aryl methyl sites for hydroxylation is 1. The Bertz CT molecular complexity index is 1000. The van der Waals surface area contributed by atoms with Gasteiger partial charge in [-0.3, -0.25) is 0 Å². The van der Waals surface area contributed by atoms with Crippen molar-refractivity contribution in [3.05, 3.63) is 41.1 Å². The zero-order chi connectivity index (χ0) is 22.9. The molecule has 2 aliphatic rings. The van der Waals surface area contributed by atoms with Crippen LogP contribution in [0, 0.1) is 18.3 Å². The lowest BCUT2D eigenvalue weighted by molar-refractivity contribution is -0.137. The Morgan fingerprint density at radius 3 is 2.12 bits per heavy atom. The van der Waals surface area contributed by atoms with Gasteiger partial charge in [0.1, 0.15) is 5.82 Å². The van der Waals surface area contributed by atoms with E-state index >= 15 is 0 Å². The van der Waals surface area contributed by atoms with Crippen molar-refractivity contribution in [2.75, 3.05) is 74.1 Å². The summed E-state index contributed by atoms with van der Waals surface area (Å²) >= 11 is 0. The standard InChI is InChI=1S/C22H26F3N7/c1-16-13-20(31-7-5-29(2)6-8-31)28-21(27-16)32-11-9-30(10-12-32)18-4-3-17(15-26)19(14-18)22(23,24)25/h3-4,13-14H,5-12H2,1-2H3. The number of alkyl halides is 3. The third-order valence-electron chi connectivity index (χ3n) is 6.01. The predicted molar refractivity (Wildman–Crippen MR) is 117 cm³/mol. The van der Waals surface area contributed by atoms with Crippen LogP contribution in [0.4, 0.5) is 30.6 Å². The van der Waals surface area contributed by atoms with Crippen LogP contribution in [0.5, 0.6) is 0 Å². The maximum Gasteiger partial charge on any atom is 0.417 e. The van der Waals surface area contributed by atoms with Gasteiger partial charge in [-0.05, 0) is 32.2 Å². The van der Waals surface area contributed by atoms with Gasteiger partial charge in [0, 0.05) is 69.8 Å². The Balaban J connectivity index is 1.47. The number of benzene rings is 1. The Labute approximate surface area is 185 Å². The number of halogens is 3. The van der Waals surface area contributed by atoms with Crippen LogP contribution in [0.2, 0.25) is 0 Å². The van der Waals surface area contributed by atoms with Gasteiger partial charge in [-0.2, -0.15) is 23.4 Å². The van der Waals surface area contributed by atoms with Gasteiger partial charge in [0.2, 0.25) is 5.95 Å². The molecule has 2 saturated heterocycles. The summed E-state index contributed by atoms with van der Waals surface area (Å²) in [6.45, 7) is 8.06. The first-order chi connectivity index (χ1) is 15.2. The number of rotatable bonds is 3. The molecule has 32 heavy (non-hydrogen) atoms. The van der Waals surface area contributed by atoms with Crippen LogP contribution >= 0.6 is 0 Å². The van der Waals surface area contributed by atoms with Crippen LogP contribution in [0.15, 0.2) is 24.3 Å². The molecule has 0 atom stereocenters. The molecule has 0 N–H and O–H groups in total. The lowest BCUT2D eigenvalue weighted by Crippen LogP contribution is -2.48. The number of piperazine rings is 2. The summed E-state index contributed by atoms with van der Waals surface area (Å²) in [6, 6.07) is 7.53.